The first-order chi connectivity index (χ1) is 8.95. The summed E-state index contributed by atoms with van der Waals surface area (Å²) >= 11 is 1.86. The normalized spacial score (nSPS) is 18.7. The number of rotatable bonds is 3. The minimum absolute atomic E-state index is 0.424. The van der Waals surface area contributed by atoms with Crippen molar-refractivity contribution in [1.82, 2.24) is 10.2 Å². The Morgan fingerprint density at radius 2 is 1.78 bits per heavy atom. The van der Waals surface area contributed by atoms with Gasteiger partial charge in [0.05, 0.1) is 6.04 Å². The number of hydrogen-bond acceptors (Lipinski definition) is 3. The Hall–Kier alpha value is -1.16. The molecular weight excluding hydrogens is 240 g/mol. The maximum Gasteiger partial charge on any atom is 0.0696 e. The number of nitrogens with one attached hydrogen (secondary N) is 1. The third-order valence-electron chi connectivity index (χ3n) is 3.44. The van der Waals surface area contributed by atoms with Crippen LogP contribution in [0.2, 0.25) is 0 Å². The Morgan fingerprint density at radius 3 is 2.44 bits per heavy atom. The van der Waals surface area contributed by atoms with E-state index in [2.05, 4.69) is 58.1 Å². The second kappa shape index (κ2) is 5.65. The van der Waals surface area contributed by atoms with Crippen LogP contribution < -0.4 is 5.32 Å². The van der Waals surface area contributed by atoms with E-state index in [4.69, 9.17) is 0 Å². The monoisotopic (exact) mass is 258 g/mol. The third-order valence-corrected chi connectivity index (χ3v) is 4.37. The lowest BCUT2D eigenvalue weighted by molar-refractivity contribution is 0.200. The Morgan fingerprint density at radius 1 is 1.00 bits per heavy atom. The van der Waals surface area contributed by atoms with E-state index in [1.165, 1.54) is 10.4 Å². The zero-order chi connectivity index (χ0) is 12.2. The summed E-state index contributed by atoms with van der Waals surface area (Å²) in [5.74, 6) is 0. The molecule has 0 spiro atoms. The predicted octanol–water partition coefficient (Wildman–Crippen LogP) is 2.74. The van der Waals surface area contributed by atoms with Crippen molar-refractivity contribution in [2.24, 2.45) is 0 Å². The van der Waals surface area contributed by atoms with Crippen molar-refractivity contribution >= 4 is 11.3 Å². The molecular formula is C15H18N2S. The second-order valence-corrected chi connectivity index (χ2v) is 5.59. The molecule has 2 aromatic rings. The lowest BCUT2D eigenvalue weighted by Crippen LogP contribution is -2.45. The summed E-state index contributed by atoms with van der Waals surface area (Å²) in [5.41, 5.74) is 1.40. The van der Waals surface area contributed by atoms with Crippen LogP contribution in [0.25, 0.3) is 0 Å². The third kappa shape index (κ3) is 2.48. The molecule has 0 aliphatic carbocycles. The fraction of sp³-hybridized carbons (Fsp3) is 0.333. The SMILES string of the molecule is c1ccc(C(c2cccs2)N2CCNCC2)cc1. The standard InChI is InChI=1S/C15H18N2S/c1-2-5-13(6-3-1)15(14-7-4-12-18-14)17-10-8-16-9-11-17/h1-7,12,15-16H,8-11H2. The number of thiophene rings is 1. The fourth-order valence-corrected chi connectivity index (χ4v) is 3.46. The first-order valence-corrected chi connectivity index (χ1v) is 7.36. The van der Waals surface area contributed by atoms with Crippen molar-refractivity contribution in [2.75, 3.05) is 26.2 Å². The molecule has 2 nitrogen and oxygen atoms in total. The first-order valence-electron chi connectivity index (χ1n) is 6.48. The minimum atomic E-state index is 0.424. The molecule has 0 amide bonds. The highest BCUT2D eigenvalue weighted by Gasteiger charge is 2.24. The van der Waals surface area contributed by atoms with E-state index in [0.717, 1.165) is 26.2 Å². The van der Waals surface area contributed by atoms with Crippen LogP contribution in [-0.2, 0) is 0 Å². The summed E-state index contributed by atoms with van der Waals surface area (Å²) in [5, 5.41) is 5.60. The number of hydrogen-bond donors (Lipinski definition) is 1. The molecule has 1 aliphatic heterocycles. The molecule has 3 rings (SSSR count). The molecule has 1 atom stereocenters. The van der Waals surface area contributed by atoms with E-state index in [0.29, 0.717) is 6.04 Å². The zero-order valence-corrected chi connectivity index (χ0v) is 11.2. The van der Waals surface area contributed by atoms with Gasteiger partial charge in [0.2, 0.25) is 0 Å². The average Bonchev–Trinajstić information content (AvgIpc) is 2.95. The fourth-order valence-electron chi connectivity index (χ4n) is 2.58. The van der Waals surface area contributed by atoms with Gasteiger partial charge in [-0.1, -0.05) is 36.4 Å². The highest BCUT2D eigenvalue weighted by molar-refractivity contribution is 7.10. The Balaban J connectivity index is 1.93. The smallest absolute Gasteiger partial charge is 0.0696 e. The molecule has 3 heteroatoms. The van der Waals surface area contributed by atoms with Gasteiger partial charge >= 0.3 is 0 Å². The van der Waals surface area contributed by atoms with Gasteiger partial charge in [0.25, 0.3) is 0 Å². The number of nitrogens with zero attached hydrogens (tertiary/aromatic N) is 1. The predicted molar refractivity (Wildman–Crippen MR) is 77.0 cm³/mol. The molecule has 1 fully saturated rings. The highest BCUT2D eigenvalue weighted by atomic mass is 32.1. The molecule has 1 saturated heterocycles. The molecule has 0 radical (unpaired) electrons. The molecule has 18 heavy (non-hydrogen) atoms. The number of benzene rings is 1. The van der Waals surface area contributed by atoms with Crippen LogP contribution >= 0.6 is 11.3 Å². The van der Waals surface area contributed by atoms with E-state index in [1.807, 2.05) is 11.3 Å². The van der Waals surface area contributed by atoms with Crippen LogP contribution in [0, 0.1) is 0 Å². The van der Waals surface area contributed by atoms with Gasteiger partial charge in [-0.05, 0) is 17.0 Å². The summed E-state index contributed by atoms with van der Waals surface area (Å²) in [4.78, 5) is 4.03. The molecule has 1 aromatic carbocycles. The van der Waals surface area contributed by atoms with Gasteiger partial charge in [-0.25, -0.2) is 0 Å². The summed E-state index contributed by atoms with van der Waals surface area (Å²) < 4.78 is 0. The lowest BCUT2D eigenvalue weighted by Gasteiger charge is -2.34. The van der Waals surface area contributed by atoms with Crippen molar-refractivity contribution in [3.8, 4) is 0 Å². The van der Waals surface area contributed by atoms with E-state index in [9.17, 15) is 0 Å². The maximum absolute atomic E-state index is 3.43. The molecule has 1 aliphatic rings. The summed E-state index contributed by atoms with van der Waals surface area (Å²) in [6.45, 7) is 4.43. The van der Waals surface area contributed by atoms with Crippen molar-refractivity contribution in [3.05, 3.63) is 58.3 Å². The van der Waals surface area contributed by atoms with Crippen LogP contribution in [-0.4, -0.2) is 31.1 Å². The molecule has 1 unspecified atom stereocenters. The summed E-state index contributed by atoms with van der Waals surface area (Å²) in [6.07, 6.45) is 0. The topological polar surface area (TPSA) is 15.3 Å². The zero-order valence-electron chi connectivity index (χ0n) is 10.4. The first kappa shape index (κ1) is 11.9. The molecule has 0 bridgehead atoms. The van der Waals surface area contributed by atoms with Gasteiger partial charge in [-0.3, -0.25) is 4.90 Å². The van der Waals surface area contributed by atoms with Crippen LogP contribution in [0.5, 0.6) is 0 Å². The van der Waals surface area contributed by atoms with Crippen LogP contribution in [0.4, 0.5) is 0 Å². The Kier molecular flexibility index (Phi) is 3.74. The number of piperazine rings is 1. The van der Waals surface area contributed by atoms with E-state index < -0.39 is 0 Å². The van der Waals surface area contributed by atoms with Crippen LogP contribution in [0.1, 0.15) is 16.5 Å². The van der Waals surface area contributed by atoms with Gasteiger partial charge in [0, 0.05) is 31.1 Å². The molecule has 1 N–H and O–H groups in total. The Labute approximate surface area is 112 Å². The minimum Gasteiger partial charge on any atom is -0.314 e. The summed E-state index contributed by atoms with van der Waals surface area (Å²) in [6, 6.07) is 15.7. The molecule has 0 saturated carbocycles. The summed E-state index contributed by atoms with van der Waals surface area (Å²) in [7, 11) is 0. The molecule has 94 valence electrons. The quantitative estimate of drug-likeness (QED) is 0.910. The van der Waals surface area contributed by atoms with Crippen molar-refractivity contribution in [1.29, 1.82) is 0 Å². The lowest BCUT2D eigenvalue weighted by atomic mass is 10.0. The second-order valence-electron chi connectivity index (χ2n) is 4.61. The van der Waals surface area contributed by atoms with Crippen molar-refractivity contribution in [2.45, 2.75) is 6.04 Å². The average molecular weight is 258 g/mol. The molecule has 2 heterocycles. The maximum atomic E-state index is 3.43. The van der Waals surface area contributed by atoms with E-state index >= 15 is 0 Å². The van der Waals surface area contributed by atoms with Gasteiger partial charge < -0.3 is 5.32 Å². The largest absolute Gasteiger partial charge is 0.314 e. The Bertz CT molecular complexity index is 461. The van der Waals surface area contributed by atoms with Gasteiger partial charge in [-0.2, -0.15) is 0 Å². The van der Waals surface area contributed by atoms with Crippen molar-refractivity contribution < 1.29 is 0 Å². The molecule has 1 aromatic heterocycles. The van der Waals surface area contributed by atoms with Gasteiger partial charge in [0.1, 0.15) is 0 Å². The van der Waals surface area contributed by atoms with Crippen molar-refractivity contribution in [3.63, 3.8) is 0 Å². The highest BCUT2D eigenvalue weighted by Crippen LogP contribution is 2.31. The van der Waals surface area contributed by atoms with Gasteiger partial charge in [-0.15, -0.1) is 11.3 Å². The van der Waals surface area contributed by atoms with Crippen LogP contribution in [0.15, 0.2) is 47.8 Å². The van der Waals surface area contributed by atoms with Gasteiger partial charge in [0.15, 0.2) is 0 Å². The van der Waals surface area contributed by atoms with E-state index in [-0.39, 0.29) is 0 Å². The van der Waals surface area contributed by atoms with E-state index in [1.54, 1.807) is 0 Å². The van der Waals surface area contributed by atoms with Crippen LogP contribution in [0.3, 0.4) is 0 Å².